The zero-order valence-electron chi connectivity index (χ0n) is 12.6. The van der Waals surface area contributed by atoms with Crippen molar-refractivity contribution in [1.82, 2.24) is 0 Å². The molecule has 0 spiro atoms. The van der Waals surface area contributed by atoms with Gasteiger partial charge in [0.15, 0.2) is 0 Å². The lowest BCUT2D eigenvalue weighted by Crippen LogP contribution is -2.10. The second-order valence-electron chi connectivity index (χ2n) is 4.63. The van der Waals surface area contributed by atoms with E-state index in [-0.39, 0.29) is 18.9 Å². The van der Waals surface area contributed by atoms with E-state index in [0.29, 0.717) is 16.3 Å². The van der Waals surface area contributed by atoms with Crippen molar-refractivity contribution in [2.75, 3.05) is 13.2 Å². The summed E-state index contributed by atoms with van der Waals surface area (Å²) in [5.74, 6) is -0.00671. The summed E-state index contributed by atoms with van der Waals surface area (Å²) >= 11 is 5.93. The third kappa shape index (κ3) is 5.40. The van der Waals surface area contributed by atoms with Gasteiger partial charge in [-0.05, 0) is 35.9 Å². The minimum atomic E-state index is -0.531. The highest BCUT2D eigenvalue weighted by Crippen LogP contribution is 2.22. The third-order valence-corrected chi connectivity index (χ3v) is 3.25. The van der Waals surface area contributed by atoms with E-state index >= 15 is 0 Å². The van der Waals surface area contributed by atoms with Gasteiger partial charge < -0.3 is 9.47 Å². The summed E-state index contributed by atoms with van der Waals surface area (Å²) in [5.41, 5.74) is 0.649. The van der Waals surface area contributed by atoms with Crippen LogP contribution < -0.4 is 4.74 Å². The average molecular weight is 348 g/mol. The van der Waals surface area contributed by atoms with Crippen LogP contribution >= 0.6 is 11.6 Å². The Hall–Kier alpha value is -2.86. The first-order valence-corrected chi connectivity index (χ1v) is 7.40. The number of non-ortho nitro benzene ring substituents is 1. The highest BCUT2D eigenvalue weighted by atomic mass is 35.5. The predicted octanol–water partition coefficient (Wildman–Crippen LogP) is 3.88. The Bertz CT molecular complexity index is 743. The van der Waals surface area contributed by atoms with Crippen LogP contribution in [0.2, 0.25) is 5.02 Å². The monoisotopic (exact) mass is 347 g/mol. The van der Waals surface area contributed by atoms with Gasteiger partial charge in [-0.1, -0.05) is 23.7 Å². The van der Waals surface area contributed by atoms with Crippen LogP contribution in [0.4, 0.5) is 5.69 Å². The Kier molecular flexibility index (Phi) is 6.33. The molecule has 0 aliphatic rings. The number of nitro groups is 1. The summed E-state index contributed by atoms with van der Waals surface area (Å²) in [5, 5.41) is 11.0. The van der Waals surface area contributed by atoms with E-state index in [1.165, 1.54) is 24.3 Å². The van der Waals surface area contributed by atoms with Crippen LogP contribution in [-0.2, 0) is 9.53 Å². The first-order chi connectivity index (χ1) is 11.6. The Morgan fingerprint density at radius 2 is 1.83 bits per heavy atom. The number of hydrogen-bond acceptors (Lipinski definition) is 5. The van der Waals surface area contributed by atoms with Gasteiger partial charge in [0.2, 0.25) is 0 Å². The Labute approximate surface area is 143 Å². The Morgan fingerprint density at radius 1 is 1.12 bits per heavy atom. The molecule has 0 aliphatic carbocycles. The van der Waals surface area contributed by atoms with Crippen LogP contribution in [0.1, 0.15) is 5.56 Å². The topological polar surface area (TPSA) is 78.7 Å². The van der Waals surface area contributed by atoms with Crippen LogP contribution in [0.3, 0.4) is 0 Å². The van der Waals surface area contributed by atoms with Gasteiger partial charge in [0.1, 0.15) is 19.0 Å². The summed E-state index contributed by atoms with van der Waals surface area (Å²) in [6.45, 7) is 0.259. The zero-order chi connectivity index (χ0) is 17.4. The SMILES string of the molecule is O=C(/C=C/c1ccc([N+](=O)[O-])cc1)OCCOc1ccccc1Cl. The van der Waals surface area contributed by atoms with Crippen molar-refractivity contribution in [2.45, 2.75) is 0 Å². The molecule has 2 rings (SSSR count). The molecule has 0 saturated heterocycles. The van der Waals surface area contributed by atoms with Gasteiger partial charge in [-0.3, -0.25) is 10.1 Å². The molecule has 0 unspecified atom stereocenters. The molecule has 0 heterocycles. The molecule has 0 N–H and O–H groups in total. The summed E-state index contributed by atoms with van der Waals surface area (Å²) in [6, 6.07) is 12.8. The lowest BCUT2D eigenvalue weighted by Gasteiger charge is -2.07. The number of para-hydroxylation sites is 1. The summed E-state index contributed by atoms with van der Waals surface area (Å²) < 4.78 is 10.4. The molecule has 124 valence electrons. The molecule has 0 aromatic heterocycles. The second-order valence-corrected chi connectivity index (χ2v) is 5.04. The molecule has 2 aromatic carbocycles. The molecule has 2 aromatic rings. The standard InChI is InChI=1S/C17H14ClNO5/c18-15-3-1-2-4-16(15)23-11-12-24-17(20)10-7-13-5-8-14(9-6-13)19(21)22/h1-10H,11-12H2/b10-7+. The molecular formula is C17H14ClNO5. The first-order valence-electron chi connectivity index (χ1n) is 7.03. The number of benzene rings is 2. The van der Waals surface area contributed by atoms with E-state index in [1.54, 1.807) is 36.4 Å². The molecule has 0 fully saturated rings. The van der Waals surface area contributed by atoms with Gasteiger partial charge in [0, 0.05) is 18.2 Å². The average Bonchev–Trinajstić information content (AvgIpc) is 2.58. The number of carbonyl (C=O) groups excluding carboxylic acids is 1. The van der Waals surface area contributed by atoms with Gasteiger partial charge in [-0.15, -0.1) is 0 Å². The number of carbonyl (C=O) groups is 1. The van der Waals surface area contributed by atoms with Crippen molar-refractivity contribution in [2.24, 2.45) is 0 Å². The van der Waals surface area contributed by atoms with E-state index in [1.807, 2.05) is 0 Å². The number of hydrogen-bond donors (Lipinski definition) is 0. The fourth-order valence-corrected chi connectivity index (χ4v) is 1.97. The quantitative estimate of drug-likeness (QED) is 0.250. The van der Waals surface area contributed by atoms with Crippen LogP contribution in [0.5, 0.6) is 5.75 Å². The molecule has 0 bridgehead atoms. The first kappa shape index (κ1) is 17.5. The summed E-state index contributed by atoms with van der Waals surface area (Å²) in [7, 11) is 0. The van der Waals surface area contributed by atoms with E-state index in [2.05, 4.69) is 0 Å². The second kappa shape index (κ2) is 8.69. The van der Waals surface area contributed by atoms with Gasteiger partial charge in [-0.2, -0.15) is 0 Å². The molecule has 0 radical (unpaired) electrons. The van der Waals surface area contributed by atoms with Crippen molar-refractivity contribution in [3.05, 3.63) is 75.3 Å². The number of ether oxygens (including phenoxy) is 2. The minimum Gasteiger partial charge on any atom is -0.488 e. The fourth-order valence-electron chi connectivity index (χ4n) is 1.78. The van der Waals surface area contributed by atoms with Crippen molar-refractivity contribution in [3.63, 3.8) is 0 Å². The van der Waals surface area contributed by atoms with Gasteiger partial charge in [0.25, 0.3) is 5.69 Å². The lowest BCUT2D eigenvalue weighted by atomic mass is 10.2. The molecule has 6 nitrogen and oxygen atoms in total. The molecule has 0 amide bonds. The number of halogens is 1. The van der Waals surface area contributed by atoms with Crippen molar-refractivity contribution in [1.29, 1.82) is 0 Å². The zero-order valence-corrected chi connectivity index (χ0v) is 13.3. The fraction of sp³-hybridized carbons (Fsp3) is 0.118. The van der Waals surface area contributed by atoms with Gasteiger partial charge in [0.05, 0.1) is 9.95 Å². The molecule has 0 saturated carbocycles. The maximum Gasteiger partial charge on any atom is 0.330 e. The predicted molar refractivity (Wildman–Crippen MR) is 90.0 cm³/mol. The van der Waals surface area contributed by atoms with E-state index in [9.17, 15) is 14.9 Å². The minimum absolute atomic E-state index is 0.00792. The van der Waals surface area contributed by atoms with Crippen molar-refractivity contribution < 1.29 is 19.2 Å². The largest absolute Gasteiger partial charge is 0.488 e. The molecule has 24 heavy (non-hydrogen) atoms. The Morgan fingerprint density at radius 3 is 2.50 bits per heavy atom. The highest BCUT2D eigenvalue weighted by Gasteiger charge is 2.03. The van der Waals surface area contributed by atoms with Crippen molar-refractivity contribution in [3.8, 4) is 5.75 Å². The van der Waals surface area contributed by atoms with Gasteiger partial charge >= 0.3 is 5.97 Å². The maximum absolute atomic E-state index is 11.6. The molecule has 0 atom stereocenters. The molecule has 7 heteroatoms. The smallest absolute Gasteiger partial charge is 0.330 e. The van der Waals surface area contributed by atoms with Gasteiger partial charge in [-0.25, -0.2) is 4.79 Å². The number of esters is 1. The Balaban J connectivity index is 1.74. The van der Waals surface area contributed by atoms with E-state index in [4.69, 9.17) is 21.1 Å². The normalized spacial score (nSPS) is 10.5. The van der Waals surface area contributed by atoms with Crippen LogP contribution in [-0.4, -0.2) is 24.1 Å². The summed E-state index contributed by atoms with van der Waals surface area (Å²) in [4.78, 5) is 21.6. The number of nitrogens with zero attached hydrogens (tertiary/aromatic N) is 1. The lowest BCUT2D eigenvalue weighted by molar-refractivity contribution is -0.384. The highest BCUT2D eigenvalue weighted by molar-refractivity contribution is 6.32. The van der Waals surface area contributed by atoms with Crippen LogP contribution in [0.25, 0.3) is 6.08 Å². The molecular weight excluding hydrogens is 334 g/mol. The van der Waals surface area contributed by atoms with Crippen LogP contribution in [0.15, 0.2) is 54.6 Å². The molecule has 0 aliphatic heterocycles. The van der Waals surface area contributed by atoms with Crippen LogP contribution in [0, 0.1) is 10.1 Å². The number of rotatable bonds is 7. The van der Waals surface area contributed by atoms with E-state index in [0.717, 1.165) is 0 Å². The van der Waals surface area contributed by atoms with E-state index < -0.39 is 10.9 Å². The van der Waals surface area contributed by atoms with Crippen molar-refractivity contribution >= 4 is 29.3 Å². The maximum atomic E-state index is 11.6. The third-order valence-electron chi connectivity index (χ3n) is 2.94. The summed E-state index contributed by atoms with van der Waals surface area (Å²) in [6.07, 6.45) is 2.76. The number of nitro benzene ring substituents is 1.